The average Bonchev–Trinajstić information content (AvgIpc) is 2.64. The van der Waals surface area contributed by atoms with Gasteiger partial charge in [0.25, 0.3) is 0 Å². The highest BCUT2D eigenvalue weighted by Gasteiger charge is 2.33. The minimum absolute atomic E-state index is 0.282. The van der Waals surface area contributed by atoms with Gasteiger partial charge < -0.3 is 4.42 Å². The highest BCUT2D eigenvalue weighted by atomic mass is 35.5. The van der Waals surface area contributed by atoms with E-state index in [0.717, 1.165) is 6.07 Å². The van der Waals surface area contributed by atoms with E-state index in [-0.39, 0.29) is 10.8 Å². The second-order valence-corrected chi connectivity index (χ2v) is 3.84. The molecule has 1 aromatic carbocycles. The summed E-state index contributed by atoms with van der Waals surface area (Å²) in [6.45, 7) is 1.62. The predicted molar refractivity (Wildman–Crippen MR) is 56.7 cm³/mol. The lowest BCUT2D eigenvalue weighted by Crippen LogP contribution is -2.05. The van der Waals surface area contributed by atoms with Crippen LogP contribution in [-0.2, 0) is 6.18 Å². The SMILES string of the molecule is Cc1ncc(-c2ccc(Cl)c(C(F)(F)F)c2)o1. The summed E-state index contributed by atoms with van der Waals surface area (Å²) >= 11 is 5.51. The molecule has 2 rings (SSSR count). The van der Waals surface area contributed by atoms with E-state index in [4.69, 9.17) is 16.0 Å². The molecule has 0 N–H and O–H groups in total. The molecule has 17 heavy (non-hydrogen) atoms. The fourth-order valence-corrected chi connectivity index (χ4v) is 1.62. The van der Waals surface area contributed by atoms with Crippen LogP contribution in [0.5, 0.6) is 0 Å². The number of alkyl halides is 3. The van der Waals surface area contributed by atoms with Gasteiger partial charge in [0.2, 0.25) is 0 Å². The van der Waals surface area contributed by atoms with Crippen LogP contribution >= 0.6 is 11.6 Å². The van der Waals surface area contributed by atoms with Crippen LogP contribution < -0.4 is 0 Å². The van der Waals surface area contributed by atoms with Gasteiger partial charge in [-0.3, -0.25) is 0 Å². The van der Waals surface area contributed by atoms with Crippen molar-refractivity contribution >= 4 is 11.6 Å². The van der Waals surface area contributed by atoms with Gasteiger partial charge >= 0.3 is 6.18 Å². The Kier molecular flexibility index (Phi) is 2.87. The van der Waals surface area contributed by atoms with E-state index in [9.17, 15) is 13.2 Å². The van der Waals surface area contributed by atoms with E-state index < -0.39 is 11.7 Å². The molecular formula is C11H7ClF3NO. The summed E-state index contributed by atoms with van der Waals surface area (Å²) in [5, 5.41) is -0.336. The van der Waals surface area contributed by atoms with Gasteiger partial charge in [0.1, 0.15) is 0 Å². The molecule has 0 radical (unpaired) electrons. The van der Waals surface area contributed by atoms with E-state index in [1.54, 1.807) is 6.92 Å². The number of aromatic nitrogens is 1. The Morgan fingerprint density at radius 3 is 2.53 bits per heavy atom. The Labute approximate surface area is 100 Å². The van der Waals surface area contributed by atoms with Gasteiger partial charge in [-0.2, -0.15) is 13.2 Å². The fourth-order valence-electron chi connectivity index (χ4n) is 1.39. The van der Waals surface area contributed by atoms with Crippen molar-refractivity contribution in [1.29, 1.82) is 0 Å². The molecule has 0 aliphatic carbocycles. The zero-order chi connectivity index (χ0) is 12.6. The summed E-state index contributed by atoms with van der Waals surface area (Å²) in [7, 11) is 0. The predicted octanol–water partition coefficient (Wildman–Crippen LogP) is 4.32. The molecule has 0 saturated carbocycles. The first-order valence-corrected chi connectivity index (χ1v) is 5.05. The summed E-state index contributed by atoms with van der Waals surface area (Å²) < 4.78 is 43.0. The van der Waals surface area contributed by atoms with Gasteiger partial charge in [-0.05, 0) is 18.2 Å². The third-order valence-corrected chi connectivity index (χ3v) is 2.51. The van der Waals surface area contributed by atoms with E-state index in [0.29, 0.717) is 11.5 Å². The van der Waals surface area contributed by atoms with Crippen molar-refractivity contribution in [3.05, 3.63) is 40.9 Å². The van der Waals surface area contributed by atoms with Crippen molar-refractivity contribution in [2.24, 2.45) is 0 Å². The molecule has 0 bridgehead atoms. The second-order valence-electron chi connectivity index (χ2n) is 3.44. The molecule has 0 atom stereocenters. The molecule has 0 aliphatic heterocycles. The quantitative estimate of drug-likeness (QED) is 0.764. The molecule has 2 nitrogen and oxygen atoms in total. The van der Waals surface area contributed by atoms with Crippen LogP contribution in [0, 0.1) is 6.92 Å². The van der Waals surface area contributed by atoms with Crippen molar-refractivity contribution in [2.75, 3.05) is 0 Å². The second kappa shape index (κ2) is 4.07. The van der Waals surface area contributed by atoms with Gasteiger partial charge in [0, 0.05) is 12.5 Å². The molecule has 0 amide bonds. The molecule has 6 heteroatoms. The summed E-state index contributed by atoms with van der Waals surface area (Å²) in [5.41, 5.74) is -0.590. The largest absolute Gasteiger partial charge is 0.441 e. The molecule has 2 aromatic rings. The number of benzene rings is 1. The van der Waals surface area contributed by atoms with Crippen LogP contribution in [0.3, 0.4) is 0 Å². The Bertz CT molecular complexity index is 548. The van der Waals surface area contributed by atoms with Crippen LogP contribution in [-0.4, -0.2) is 4.98 Å². The van der Waals surface area contributed by atoms with Crippen LogP contribution in [0.15, 0.2) is 28.8 Å². The maximum atomic E-state index is 12.6. The van der Waals surface area contributed by atoms with E-state index in [2.05, 4.69) is 4.98 Å². The minimum Gasteiger partial charge on any atom is -0.441 e. The number of hydrogen-bond donors (Lipinski definition) is 0. The lowest BCUT2D eigenvalue weighted by Gasteiger charge is -2.09. The van der Waals surface area contributed by atoms with Crippen LogP contribution in [0.1, 0.15) is 11.5 Å². The van der Waals surface area contributed by atoms with Crippen LogP contribution in [0.25, 0.3) is 11.3 Å². The Hall–Kier alpha value is -1.49. The van der Waals surface area contributed by atoms with Gasteiger partial charge in [-0.1, -0.05) is 11.6 Å². The highest BCUT2D eigenvalue weighted by molar-refractivity contribution is 6.31. The molecule has 0 aliphatic rings. The molecule has 0 spiro atoms. The number of nitrogens with zero attached hydrogens (tertiary/aromatic N) is 1. The normalized spacial score (nSPS) is 11.8. The van der Waals surface area contributed by atoms with Crippen molar-refractivity contribution in [1.82, 2.24) is 4.98 Å². The zero-order valence-electron chi connectivity index (χ0n) is 8.68. The zero-order valence-corrected chi connectivity index (χ0v) is 9.43. The molecule has 1 aromatic heterocycles. The average molecular weight is 262 g/mol. The third kappa shape index (κ3) is 2.44. The molecule has 1 heterocycles. The molecule has 0 fully saturated rings. The lowest BCUT2D eigenvalue weighted by atomic mass is 10.1. The van der Waals surface area contributed by atoms with Crippen LogP contribution in [0.4, 0.5) is 13.2 Å². The Balaban J connectivity index is 2.51. The maximum absolute atomic E-state index is 12.6. The standard InChI is InChI=1S/C11H7ClF3NO/c1-6-16-5-10(17-6)7-2-3-9(12)8(4-7)11(13,14)15/h2-5H,1H3. The van der Waals surface area contributed by atoms with Crippen molar-refractivity contribution in [2.45, 2.75) is 13.1 Å². The summed E-state index contributed by atoms with van der Waals surface area (Å²) in [6.07, 6.45) is -3.11. The summed E-state index contributed by atoms with van der Waals surface area (Å²) in [5.74, 6) is 0.674. The van der Waals surface area contributed by atoms with Crippen LogP contribution in [0.2, 0.25) is 5.02 Å². The number of halogens is 4. The van der Waals surface area contributed by atoms with Gasteiger partial charge in [0.15, 0.2) is 11.7 Å². The number of rotatable bonds is 1. The molecule has 90 valence electrons. The summed E-state index contributed by atoms with van der Waals surface area (Å²) in [4.78, 5) is 3.83. The third-order valence-electron chi connectivity index (χ3n) is 2.18. The van der Waals surface area contributed by atoms with E-state index >= 15 is 0 Å². The van der Waals surface area contributed by atoms with Crippen molar-refractivity contribution < 1.29 is 17.6 Å². The first-order chi connectivity index (χ1) is 7.88. The lowest BCUT2D eigenvalue weighted by molar-refractivity contribution is -0.137. The molecular weight excluding hydrogens is 255 g/mol. The Morgan fingerprint density at radius 1 is 1.29 bits per heavy atom. The minimum atomic E-state index is -4.48. The first kappa shape index (κ1) is 12.0. The van der Waals surface area contributed by atoms with E-state index in [1.165, 1.54) is 18.3 Å². The monoisotopic (exact) mass is 261 g/mol. The number of aryl methyl sites for hydroxylation is 1. The Morgan fingerprint density at radius 2 is 2.00 bits per heavy atom. The molecule has 0 unspecified atom stereocenters. The first-order valence-electron chi connectivity index (χ1n) is 4.67. The topological polar surface area (TPSA) is 26.0 Å². The smallest absolute Gasteiger partial charge is 0.417 e. The van der Waals surface area contributed by atoms with Crippen molar-refractivity contribution in [3.63, 3.8) is 0 Å². The molecule has 0 saturated heterocycles. The highest BCUT2D eigenvalue weighted by Crippen LogP contribution is 2.37. The number of hydrogen-bond acceptors (Lipinski definition) is 2. The van der Waals surface area contributed by atoms with Crippen molar-refractivity contribution in [3.8, 4) is 11.3 Å². The van der Waals surface area contributed by atoms with Gasteiger partial charge in [-0.25, -0.2) is 4.98 Å². The maximum Gasteiger partial charge on any atom is 0.417 e. The summed E-state index contributed by atoms with van der Waals surface area (Å²) in [6, 6.07) is 3.59. The number of oxazole rings is 1. The van der Waals surface area contributed by atoms with Gasteiger partial charge in [0.05, 0.1) is 16.8 Å². The van der Waals surface area contributed by atoms with E-state index in [1.807, 2.05) is 0 Å². The van der Waals surface area contributed by atoms with Gasteiger partial charge in [-0.15, -0.1) is 0 Å². The fraction of sp³-hybridized carbons (Fsp3) is 0.182.